The van der Waals surface area contributed by atoms with Gasteiger partial charge in [-0.25, -0.2) is 0 Å². The molecule has 0 spiro atoms. The Morgan fingerprint density at radius 1 is 1.19 bits per heavy atom. The lowest BCUT2D eigenvalue weighted by Crippen LogP contribution is -2.32. The molecule has 1 fully saturated rings. The monoisotopic (exact) mass is 394 g/mol. The third-order valence-corrected chi connectivity index (χ3v) is 5.71. The normalized spacial score (nSPS) is 16.0. The fourth-order valence-corrected chi connectivity index (χ4v) is 4.09. The molecule has 0 aliphatic carbocycles. The van der Waals surface area contributed by atoms with E-state index < -0.39 is 0 Å². The largest absolute Gasteiger partial charge is 0.493 e. The minimum absolute atomic E-state index is 0.0191. The zero-order valence-electron chi connectivity index (χ0n) is 15.8. The van der Waals surface area contributed by atoms with Gasteiger partial charge in [-0.05, 0) is 49.8 Å². The number of hydrogen-bond donors (Lipinski definition) is 0. The molecule has 1 aromatic carbocycles. The number of carbonyl (C=O) groups excluding carboxylic acids is 1. The van der Waals surface area contributed by atoms with Crippen LogP contribution >= 0.6 is 24.0 Å². The quantitative estimate of drug-likeness (QED) is 0.471. The first-order valence-electron chi connectivity index (χ1n) is 8.73. The lowest BCUT2D eigenvalue weighted by molar-refractivity contribution is -0.122. The van der Waals surface area contributed by atoms with Crippen LogP contribution in [0.5, 0.6) is 11.5 Å². The molecule has 0 N–H and O–H groups in total. The third-order valence-electron chi connectivity index (χ3n) is 4.33. The molecule has 0 aromatic heterocycles. The number of methoxy groups -OCH3 is 2. The average molecular weight is 395 g/mol. The topological polar surface area (TPSA) is 42.0 Å². The molecule has 1 saturated heterocycles. The van der Waals surface area contributed by atoms with Crippen LogP contribution < -0.4 is 9.47 Å². The number of carbonyl (C=O) groups is 1. The number of hydrogen-bond acceptors (Lipinski definition) is 6. The van der Waals surface area contributed by atoms with Gasteiger partial charge < -0.3 is 14.4 Å². The van der Waals surface area contributed by atoms with Crippen LogP contribution in [0.3, 0.4) is 0 Å². The van der Waals surface area contributed by atoms with Gasteiger partial charge in [0.25, 0.3) is 5.91 Å². The van der Waals surface area contributed by atoms with Gasteiger partial charge in [0.2, 0.25) is 0 Å². The highest BCUT2D eigenvalue weighted by atomic mass is 32.2. The van der Waals surface area contributed by atoms with Crippen LogP contribution in [-0.2, 0) is 4.79 Å². The minimum Gasteiger partial charge on any atom is -0.493 e. The van der Waals surface area contributed by atoms with Crippen LogP contribution in [0.4, 0.5) is 0 Å². The first-order valence-corrected chi connectivity index (χ1v) is 9.96. The molecule has 1 aliphatic rings. The number of thioether (sulfide) groups is 1. The molecule has 1 aliphatic heterocycles. The molecule has 142 valence electrons. The maximum Gasteiger partial charge on any atom is 0.266 e. The first-order chi connectivity index (χ1) is 12.5. The van der Waals surface area contributed by atoms with Gasteiger partial charge in [-0.2, -0.15) is 0 Å². The molecule has 1 aromatic rings. The summed E-state index contributed by atoms with van der Waals surface area (Å²) in [5.74, 6) is 1.28. The van der Waals surface area contributed by atoms with Gasteiger partial charge >= 0.3 is 0 Å². The Morgan fingerprint density at radius 3 is 2.50 bits per heavy atom. The molecule has 5 nitrogen and oxygen atoms in total. The number of ether oxygens (including phenoxy) is 2. The van der Waals surface area contributed by atoms with Gasteiger partial charge in [-0.1, -0.05) is 43.9 Å². The van der Waals surface area contributed by atoms with E-state index in [2.05, 4.69) is 18.7 Å². The number of thiocarbonyl (C=S) groups is 1. The van der Waals surface area contributed by atoms with Crippen molar-refractivity contribution in [2.24, 2.45) is 0 Å². The summed E-state index contributed by atoms with van der Waals surface area (Å²) in [5.41, 5.74) is 0.881. The minimum atomic E-state index is -0.0191. The maximum atomic E-state index is 12.7. The smallest absolute Gasteiger partial charge is 0.266 e. The second-order valence-electron chi connectivity index (χ2n) is 5.83. The van der Waals surface area contributed by atoms with Crippen molar-refractivity contribution in [1.29, 1.82) is 0 Å². The molecule has 0 bridgehead atoms. The molecule has 0 atom stereocenters. The van der Waals surface area contributed by atoms with Crippen molar-refractivity contribution in [1.82, 2.24) is 9.80 Å². The maximum absolute atomic E-state index is 12.7. The number of benzene rings is 1. The standard InChI is InChI=1S/C19H26N2O3S2/c1-5-20(6-2)10-7-11-21-18(22)17(26-19(21)25)13-14-8-9-15(23-3)16(12-14)24-4/h8-9,12-13H,5-7,10-11H2,1-4H3/b17-13-. The van der Waals surface area contributed by atoms with Crippen molar-refractivity contribution in [3.63, 3.8) is 0 Å². The van der Waals surface area contributed by atoms with Gasteiger partial charge in [0.05, 0.1) is 19.1 Å². The van der Waals surface area contributed by atoms with Crippen molar-refractivity contribution < 1.29 is 14.3 Å². The van der Waals surface area contributed by atoms with E-state index in [1.54, 1.807) is 19.1 Å². The van der Waals surface area contributed by atoms with E-state index in [9.17, 15) is 4.79 Å². The molecule has 2 rings (SSSR count). The predicted molar refractivity (Wildman–Crippen MR) is 112 cm³/mol. The van der Waals surface area contributed by atoms with E-state index in [0.717, 1.165) is 31.6 Å². The molecule has 26 heavy (non-hydrogen) atoms. The summed E-state index contributed by atoms with van der Waals surface area (Å²) in [6, 6.07) is 5.58. The van der Waals surface area contributed by atoms with E-state index in [4.69, 9.17) is 21.7 Å². The van der Waals surface area contributed by atoms with E-state index in [1.807, 2.05) is 24.3 Å². The van der Waals surface area contributed by atoms with Crippen LogP contribution in [0, 0.1) is 0 Å². The van der Waals surface area contributed by atoms with Crippen molar-refractivity contribution >= 4 is 40.3 Å². The van der Waals surface area contributed by atoms with E-state index in [-0.39, 0.29) is 5.91 Å². The van der Waals surface area contributed by atoms with Crippen LogP contribution in [0.2, 0.25) is 0 Å². The SMILES string of the molecule is CCN(CC)CCCN1C(=O)/C(=C/c2ccc(OC)c(OC)c2)SC1=S. The van der Waals surface area contributed by atoms with Crippen LogP contribution in [-0.4, -0.2) is 60.4 Å². The van der Waals surface area contributed by atoms with E-state index in [0.29, 0.717) is 27.3 Å². The highest BCUT2D eigenvalue weighted by Gasteiger charge is 2.31. The zero-order chi connectivity index (χ0) is 19.1. The predicted octanol–water partition coefficient (Wildman–Crippen LogP) is 3.64. The lowest BCUT2D eigenvalue weighted by Gasteiger charge is -2.20. The Kier molecular flexibility index (Phi) is 7.93. The first kappa shape index (κ1) is 20.7. The Morgan fingerprint density at radius 2 is 1.88 bits per heavy atom. The summed E-state index contributed by atoms with van der Waals surface area (Å²) in [6.07, 6.45) is 2.77. The zero-order valence-corrected chi connectivity index (χ0v) is 17.4. The number of nitrogens with zero attached hydrogens (tertiary/aromatic N) is 2. The van der Waals surface area contributed by atoms with Crippen LogP contribution in [0.25, 0.3) is 6.08 Å². The molecule has 1 amide bonds. The third kappa shape index (κ3) is 4.99. The number of rotatable bonds is 9. The fraction of sp³-hybridized carbons (Fsp3) is 0.474. The van der Waals surface area contributed by atoms with Crippen molar-refractivity contribution in [3.05, 3.63) is 28.7 Å². The lowest BCUT2D eigenvalue weighted by atomic mass is 10.2. The molecule has 0 radical (unpaired) electrons. The Labute approximate surface area is 165 Å². The second-order valence-corrected chi connectivity index (χ2v) is 7.50. The van der Waals surface area contributed by atoms with Gasteiger partial charge in [0.15, 0.2) is 11.5 Å². The summed E-state index contributed by atoms with van der Waals surface area (Å²) in [7, 11) is 3.19. The molecule has 0 unspecified atom stereocenters. The molecule has 0 saturated carbocycles. The Balaban J connectivity index is 2.06. The molecule has 1 heterocycles. The van der Waals surface area contributed by atoms with E-state index in [1.165, 1.54) is 11.8 Å². The van der Waals surface area contributed by atoms with Gasteiger partial charge in [0, 0.05) is 6.54 Å². The van der Waals surface area contributed by atoms with E-state index >= 15 is 0 Å². The fourth-order valence-electron chi connectivity index (χ4n) is 2.78. The highest BCUT2D eigenvalue weighted by molar-refractivity contribution is 8.26. The number of amides is 1. The van der Waals surface area contributed by atoms with Gasteiger partial charge in [-0.15, -0.1) is 0 Å². The van der Waals surface area contributed by atoms with Crippen LogP contribution in [0.1, 0.15) is 25.8 Å². The van der Waals surface area contributed by atoms with Crippen molar-refractivity contribution in [3.8, 4) is 11.5 Å². The summed E-state index contributed by atoms with van der Waals surface area (Å²) in [5, 5.41) is 0. The van der Waals surface area contributed by atoms with Crippen molar-refractivity contribution in [2.75, 3.05) is 40.4 Å². The summed E-state index contributed by atoms with van der Waals surface area (Å²) in [4.78, 5) is 17.4. The van der Waals surface area contributed by atoms with Gasteiger partial charge in [0.1, 0.15) is 4.32 Å². The highest BCUT2D eigenvalue weighted by Crippen LogP contribution is 2.34. The summed E-state index contributed by atoms with van der Waals surface area (Å²) in [6.45, 7) is 7.97. The summed E-state index contributed by atoms with van der Waals surface area (Å²) < 4.78 is 11.2. The molecule has 7 heteroatoms. The van der Waals surface area contributed by atoms with Crippen LogP contribution in [0.15, 0.2) is 23.1 Å². The summed E-state index contributed by atoms with van der Waals surface area (Å²) >= 11 is 6.76. The van der Waals surface area contributed by atoms with Crippen molar-refractivity contribution in [2.45, 2.75) is 20.3 Å². The molecular formula is C19H26N2O3S2. The van der Waals surface area contributed by atoms with Gasteiger partial charge in [-0.3, -0.25) is 9.69 Å². The Bertz CT molecular complexity index is 687. The average Bonchev–Trinajstić information content (AvgIpc) is 2.92. The second kappa shape index (κ2) is 9.94. The molecular weight excluding hydrogens is 368 g/mol. The Hall–Kier alpha value is -1.57.